The second-order valence-electron chi connectivity index (χ2n) is 5.21. The highest BCUT2D eigenvalue weighted by molar-refractivity contribution is 5.78. The van der Waals surface area contributed by atoms with E-state index < -0.39 is 5.92 Å². The summed E-state index contributed by atoms with van der Waals surface area (Å²) in [7, 11) is 0. The molecule has 102 valence electrons. The number of imidazole rings is 1. The van der Waals surface area contributed by atoms with Crippen LogP contribution in [-0.2, 0) is 0 Å². The van der Waals surface area contributed by atoms with Gasteiger partial charge in [0.05, 0.1) is 30.1 Å². The molecule has 0 bridgehead atoms. The standard InChI is InChI=1S/C13H16F2N4/c1-8-3-11-12(9(2)18-8)17-7-19(11)10-4-13(14,15)6-16-5-10/h3,7,10,16H,4-6H2,1-2H3/t10-/m1/s1. The SMILES string of the molecule is Cc1cc2c(ncn2[C@H]2CNCC(F)(F)C2)c(C)n1. The van der Waals surface area contributed by atoms with Gasteiger partial charge in [0.15, 0.2) is 0 Å². The quantitative estimate of drug-likeness (QED) is 0.860. The molecule has 1 saturated heterocycles. The Morgan fingerprint density at radius 3 is 2.95 bits per heavy atom. The summed E-state index contributed by atoms with van der Waals surface area (Å²) in [5.74, 6) is -2.66. The maximum atomic E-state index is 13.5. The van der Waals surface area contributed by atoms with E-state index in [1.807, 2.05) is 24.5 Å². The third-order valence-corrected chi connectivity index (χ3v) is 3.56. The van der Waals surface area contributed by atoms with Gasteiger partial charge in [-0.15, -0.1) is 0 Å². The molecule has 0 saturated carbocycles. The van der Waals surface area contributed by atoms with E-state index in [2.05, 4.69) is 15.3 Å². The highest BCUT2D eigenvalue weighted by Crippen LogP contribution is 2.31. The molecule has 2 aromatic heterocycles. The Hall–Kier alpha value is -1.56. The molecule has 3 rings (SSSR count). The van der Waals surface area contributed by atoms with Gasteiger partial charge < -0.3 is 9.88 Å². The van der Waals surface area contributed by atoms with Crippen molar-refractivity contribution in [1.29, 1.82) is 0 Å². The van der Waals surface area contributed by atoms with Crippen LogP contribution in [0.4, 0.5) is 8.78 Å². The van der Waals surface area contributed by atoms with Gasteiger partial charge in [0, 0.05) is 18.7 Å². The lowest BCUT2D eigenvalue weighted by Crippen LogP contribution is -2.44. The Labute approximate surface area is 109 Å². The first kappa shape index (κ1) is 12.5. The number of pyridine rings is 1. The van der Waals surface area contributed by atoms with Crippen molar-refractivity contribution in [1.82, 2.24) is 19.9 Å². The number of fused-ring (bicyclic) bond motifs is 1. The Bertz CT molecular complexity index is 620. The first-order chi connectivity index (χ1) is 8.96. The van der Waals surface area contributed by atoms with Crippen LogP contribution in [0.3, 0.4) is 0 Å². The van der Waals surface area contributed by atoms with E-state index in [0.717, 1.165) is 22.4 Å². The molecule has 3 heterocycles. The topological polar surface area (TPSA) is 42.7 Å². The fourth-order valence-corrected chi connectivity index (χ4v) is 2.74. The zero-order valence-electron chi connectivity index (χ0n) is 11.0. The van der Waals surface area contributed by atoms with E-state index in [9.17, 15) is 8.78 Å². The second kappa shape index (κ2) is 4.23. The maximum Gasteiger partial charge on any atom is 0.262 e. The van der Waals surface area contributed by atoms with Gasteiger partial charge in [0.25, 0.3) is 5.92 Å². The highest BCUT2D eigenvalue weighted by Gasteiger charge is 2.37. The van der Waals surface area contributed by atoms with Crippen molar-refractivity contribution in [2.75, 3.05) is 13.1 Å². The van der Waals surface area contributed by atoms with Gasteiger partial charge in [-0.1, -0.05) is 0 Å². The average Bonchev–Trinajstić information content (AvgIpc) is 2.71. The Morgan fingerprint density at radius 2 is 2.21 bits per heavy atom. The van der Waals surface area contributed by atoms with Crippen molar-refractivity contribution in [3.63, 3.8) is 0 Å². The molecule has 1 N–H and O–H groups in total. The third-order valence-electron chi connectivity index (χ3n) is 3.56. The fourth-order valence-electron chi connectivity index (χ4n) is 2.74. The summed E-state index contributed by atoms with van der Waals surface area (Å²) in [5, 5.41) is 2.79. The van der Waals surface area contributed by atoms with Crippen molar-refractivity contribution in [3.05, 3.63) is 23.8 Å². The Morgan fingerprint density at radius 1 is 1.42 bits per heavy atom. The summed E-state index contributed by atoms with van der Waals surface area (Å²) in [6.07, 6.45) is 1.50. The van der Waals surface area contributed by atoms with Crippen molar-refractivity contribution in [2.45, 2.75) is 32.2 Å². The molecule has 0 radical (unpaired) electrons. The lowest BCUT2D eigenvalue weighted by Gasteiger charge is -2.30. The summed E-state index contributed by atoms with van der Waals surface area (Å²) in [4.78, 5) is 8.66. The zero-order chi connectivity index (χ0) is 13.6. The van der Waals surface area contributed by atoms with Gasteiger partial charge in [-0.2, -0.15) is 0 Å². The van der Waals surface area contributed by atoms with Crippen LogP contribution in [0.25, 0.3) is 11.0 Å². The molecule has 19 heavy (non-hydrogen) atoms. The minimum atomic E-state index is -2.66. The first-order valence-electron chi connectivity index (χ1n) is 6.36. The predicted molar refractivity (Wildman–Crippen MR) is 68.5 cm³/mol. The number of halogens is 2. The molecule has 1 fully saturated rings. The smallest absolute Gasteiger partial charge is 0.262 e. The van der Waals surface area contributed by atoms with Crippen molar-refractivity contribution in [2.24, 2.45) is 0 Å². The van der Waals surface area contributed by atoms with E-state index in [0.29, 0.717) is 6.54 Å². The van der Waals surface area contributed by atoms with Crippen LogP contribution in [0, 0.1) is 13.8 Å². The second-order valence-corrected chi connectivity index (χ2v) is 5.21. The number of aryl methyl sites for hydroxylation is 2. The number of aromatic nitrogens is 3. The molecule has 2 aromatic rings. The molecular weight excluding hydrogens is 250 g/mol. The molecular formula is C13H16F2N4. The summed E-state index contributed by atoms with van der Waals surface area (Å²) in [6, 6.07) is 1.64. The fraction of sp³-hybridized carbons (Fsp3) is 0.538. The number of hydrogen-bond donors (Lipinski definition) is 1. The zero-order valence-corrected chi connectivity index (χ0v) is 11.0. The van der Waals surface area contributed by atoms with Gasteiger partial charge in [0.2, 0.25) is 0 Å². The maximum absolute atomic E-state index is 13.5. The van der Waals surface area contributed by atoms with Gasteiger partial charge in [-0.05, 0) is 19.9 Å². The van der Waals surface area contributed by atoms with Crippen molar-refractivity contribution in [3.8, 4) is 0 Å². The largest absolute Gasteiger partial charge is 0.326 e. The molecule has 1 atom stereocenters. The van der Waals surface area contributed by atoms with Crippen molar-refractivity contribution < 1.29 is 8.78 Å². The summed E-state index contributed by atoms with van der Waals surface area (Å²) in [5.41, 5.74) is 3.39. The van der Waals surface area contributed by atoms with Gasteiger partial charge in [-0.3, -0.25) is 4.98 Å². The van der Waals surface area contributed by atoms with E-state index in [1.54, 1.807) is 6.33 Å². The summed E-state index contributed by atoms with van der Waals surface area (Å²) >= 11 is 0. The van der Waals surface area contributed by atoms with Crippen molar-refractivity contribution >= 4 is 11.0 Å². The third kappa shape index (κ3) is 2.20. The number of alkyl halides is 2. The minimum Gasteiger partial charge on any atom is -0.326 e. The number of piperidine rings is 1. The Balaban J connectivity index is 2.06. The van der Waals surface area contributed by atoms with Crippen LogP contribution in [0.5, 0.6) is 0 Å². The molecule has 4 nitrogen and oxygen atoms in total. The number of nitrogens with one attached hydrogen (secondary N) is 1. The number of rotatable bonds is 1. The normalized spacial score (nSPS) is 22.8. The highest BCUT2D eigenvalue weighted by atomic mass is 19.3. The summed E-state index contributed by atoms with van der Waals surface area (Å²) < 4.78 is 28.8. The van der Waals surface area contributed by atoms with Crippen LogP contribution in [0.2, 0.25) is 0 Å². The molecule has 0 spiro atoms. The van der Waals surface area contributed by atoms with Crippen LogP contribution in [0.1, 0.15) is 23.9 Å². The minimum absolute atomic E-state index is 0.147. The van der Waals surface area contributed by atoms with E-state index in [-0.39, 0.29) is 19.0 Å². The van der Waals surface area contributed by atoms with Gasteiger partial charge in [0.1, 0.15) is 5.52 Å². The van der Waals surface area contributed by atoms with Crippen LogP contribution in [-0.4, -0.2) is 33.5 Å². The van der Waals surface area contributed by atoms with Crippen LogP contribution >= 0.6 is 0 Å². The molecule has 0 aromatic carbocycles. The van der Waals surface area contributed by atoms with E-state index >= 15 is 0 Å². The molecule has 1 aliphatic heterocycles. The monoisotopic (exact) mass is 266 g/mol. The molecule has 0 amide bonds. The van der Waals surface area contributed by atoms with E-state index in [1.165, 1.54) is 0 Å². The van der Waals surface area contributed by atoms with Crippen LogP contribution < -0.4 is 5.32 Å². The lowest BCUT2D eigenvalue weighted by atomic mass is 10.0. The van der Waals surface area contributed by atoms with Gasteiger partial charge in [-0.25, -0.2) is 13.8 Å². The van der Waals surface area contributed by atoms with Crippen LogP contribution in [0.15, 0.2) is 12.4 Å². The lowest BCUT2D eigenvalue weighted by molar-refractivity contribution is -0.0360. The molecule has 0 aliphatic carbocycles. The average molecular weight is 266 g/mol. The Kier molecular flexibility index (Phi) is 2.78. The predicted octanol–water partition coefficient (Wildman–Crippen LogP) is 2.22. The molecule has 1 aliphatic rings. The molecule has 0 unspecified atom stereocenters. The number of nitrogens with zero attached hydrogens (tertiary/aromatic N) is 3. The van der Waals surface area contributed by atoms with E-state index in [4.69, 9.17) is 0 Å². The number of hydrogen-bond acceptors (Lipinski definition) is 3. The molecule has 6 heteroatoms. The summed E-state index contributed by atoms with van der Waals surface area (Å²) in [6.45, 7) is 4.09. The van der Waals surface area contributed by atoms with Gasteiger partial charge >= 0.3 is 0 Å². The first-order valence-corrected chi connectivity index (χ1v) is 6.36.